The van der Waals surface area contributed by atoms with Gasteiger partial charge in [-0.25, -0.2) is 8.42 Å². The molecule has 0 spiro atoms. The van der Waals surface area contributed by atoms with Crippen molar-refractivity contribution in [1.29, 1.82) is 0 Å². The second-order valence-corrected chi connectivity index (χ2v) is 8.67. The first-order valence-electron chi connectivity index (χ1n) is 8.67. The Morgan fingerprint density at radius 2 is 1.73 bits per heavy atom. The molecule has 2 unspecified atom stereocenters. The summed E-state index contributed by atoms with van der Waals surface area (Å²) in [5.41, 5.74) is 3.02. The summed E-state index contributed by atoms with van der Waals surface area (Å²) in [5, 5.41) is 0. The summed E-state index contributed by atoms with van der Waals surface area (Å²) in [7, 11) is -2.21. The minimum Gasteiger partial charge on any atom is -0.495 e. The fourth-order valence-electron chi connectivity index (χ4n) is 3.16. The molecule has 0 bridgehead atoms. The molecule has 1 fully saturated rings. The van der Waals surface area contributed by atoms with Gasteiger partial charge in [0, 0.05) is 12.6 Å². The summed E-state index contributed by atoms with van der Waals surface area (Å²) in [6.07, 6.45) is -0.280. The van der Waals surface area contributed by atoms with Crippen molar-refractivity contribution in [2.24, 2.45) is 0 Å². The number of hydrogen-bond donors (Lipinski definition) is 0. The van der Waals surface area contributed by atoms with Gasteiger partial charge in [-0.3, -0.25) is 0 Å². The minimum absolute atomic E-state index is 0.205. The van der Waals surface area contributed by atoms with Gasteiger partial charge in [-0.2, -0.15) is 4.31 Å². The summed E-state index contributed by atoms with van der Waals surface area (Å²) in [6, 6.07) is 13.0. The van der Waals surface area contributed by atoms with Gasteiger partial charge in [0.15, 0.2) is 0 Å². The molecule has 6 heteroatoms. The van der Waals surface area contributed by atoms with Crippen molar-refractivity contribution in [3.63, 3.8) is 0 Å². The third kappa shape index (κ3) is 3.63. The van der Waals surface area contributed by atoms with E-state index in [1.165, 1.54) is 11.4 Å². The van der Waals surface area contributed by atoms with Gasteiger partial charge in [-0.1, -0.05) is 35.9 Å². The van der Waals surface area contributed by atoms with E-state index in [1.54, 1.807) is 12.1 Å². The van der Waals surface area contributed by atoms with Crippen molar-refractivity contribution in [2.45, 2.75) is 37.8 Å². The van der Waals surface area contributed by atoms with Crippen molar-refractivity contribution in [3.8, 4) is 5.75 Å². The van der Waals surface area contributed by atoms with E-state index in [-0.39, 0.29) is 23.6 Å². The number of aryl methyl sites for hydroxylation is 2. The van der Waals surface area contributed by atoms with E-state index < -0.39 is 10.0 Å². The molecule has 140 valence electrons. The van der Waals surface area contributed by atoms with Crippen molar-refractivity contribution in [1.82, 2.24) is 4.31 Å². The first-order chi connectivity index (χ1) is 12.3. The molecule has 0 radical (unpaired) electrons. The lowest BCUT2D eigenvalue weighted by Crippen LogP contribution is -2.48. The fourth-order valence-corrected chi connectivity index (χ4v) is 5.02. The average Bonchev–Trinajstić information content (AvgIpc) is 2.62. The highest BCUT2D eigenvalue weighted by Gasteiger charge is 2.37. The number of methoxy groups -OCH3 is 1. The lowest BCUT2D eigenvalue weighted by Gasteiger charge is -2.37. The smallest absolute Gasteiger partial charge is 0.247 e. The van der Waals surface area contributed by atoms with Gasteiger partial charge in [0.2, 0.25) is 10.0 Å². The van der Waals surface area contributed by atoms with Gasteiger partial charge in [0.05, 0.1) is 19.8 Å². The van der Waals surface area contributed by atoms with Gasteiger partial charge in [0.25, 0.3) is 0 Å². The molecule has 0 aliphatic carbocycles. The summed E-state index contributed by atoms with van der Waals surface area (Å²) >= 11 is 0. The maximum atomic E-state index is 13.4. The Morgan fingerprint density at radius 3 is 2.38 bits per heavy atom. The largest absolute Gasteiger partial charge is 0.495 e. The average molecular weight is 375 g/mol. The number of morpholine rings is 1. The number of rotatable bonds is 4. The Hall–Kier alpha value is -1.89. The zero-order valence-corrected chi connectivity index (χ0v) is 16.4. The predicted molar refractivity (Wildman–Crippen MR) is 101 cm³/mol. The van der Waals surface area contributed by atoms with Crippen LogP contribution in [0.4, 0.5) is 0 Å². The zero-order valence-electron chi connectivity index (χ0n) is 15.6. The molecular formula is C20H25NO4S. The van der Waals surface area contributed by atoms with E-state index in [9.17, 15) is 8.42 Å². The van der Waals surface area contributed by atoms with E-state index in [0.717, 1.165) is 16.7 Å². The van der Waals surface area contributed by atoms with Crippen LogP contribution < -0.4 is 4.74 Å². The Labute approximate surface area is 155 Å². The van der Waals surface area contributed by atoms with E-state index in [2.05, 4.69) is 0 Å². The van der Waals surface area contributed by atoms with Crippen molar-refractivity contribution in [2.75, 3.05) is 20.3 Å². The highest BCUT2D eigenvalue weighted by Crippen LogP contribution is 2.33. The van der Waals surface area contributed by atoms with Gasteiger partial charge >= 0.3 is 0 Å². The van der Waals surface area contributed by atoms with E-state index in [4.69, 9.17) is 9.47 Å². The third-order valence-corrected chi connectivity index (χ3v) is 6.73. The molecule has 2 aromatic carbocycles. The molecule has 1 saturated heterocycles. The lowest BCUT2D eigenvalue weighted by molar-refractivity contribution is -0.0288. The molecule has 26 heavy (non-hydrogen) atoms. The lowest BCUT2D eigenvalue weighted by atomic mass is 10.1. The van der Waals surface area contributed by atoms with E-state index >= 15 is 0 Å². The van der Waals surface area contributed by atoms with Gasteiger partial charge in [-0.05, 0) is 44.0 Å². The van der Waals surface area contributed by atoms with Crippen LogP contribution in [0.2, 0.25) is 0 Å². The second-order valence-electron chi connectivity index (χ2n) is 6.81. The highest BCUT2D eigenvalue weighted by atomic mass is 32.2. The summed E-state index contributed by atoms with van der Waals surface area (Å²) in [5.74, 6) is 0.362. The molecule has 0 aromatic heterocycles. The van der Waals surface area contributed by atoms with Crippen LogP contribution in [0.1, 0.15) is 29.7 Å². The van der Waals surface area contributed by atoms with Crippen LogP contribution in [0, 0.1) is 13.8 Å². The maximum absolute atomic E-state index is 13.4. The highest BCUT2D eigenvalue weighted by molar-refractivity contribution is 7.89. The Morgan fingerprint density at radius 1 is 1.08 bits per heavy atom. The first-order valence-corrected chi connectivity index (χ1v) is 10.1. The van der Waals surface area contributed by atoms with Crippen molar-refractivity contribution in [3.05, 3.63) is 59.2 Å². The molecule has 0 N–H and O–H groups in total. The Kier molecular flexibility index (Phi) is 5.37. The number of nitrogens with zero attached hydrogens (tertiary/aromatic N) is 1. The molecule has 0 amide bonds. The maximum Gasteiger partial charge on any atom is 0.247 e. The molecule has 2 atom stereocenters. The number of hydrogen-bond acceptors (Lipinski definition) is 4. The van der Waals surface area contributed by atoms with Gasteiger partial charge < -0.3 is 9.47 Å². The standard InChI is InChI=1S/C20H25NO4S/c1-14-5-8-17(9-6-14)19-12-21(16(3)13-25-19)26(22,23)20-11-15(2)7-10-18(20)24-4/h5-11,16,19H,12-13H2,1-4H3. The molecule has 1 aliphatic rings. The summed E-state index contributed by atoms with van der Waals surface area (Å²) < 4.78 is 39.4. The van der Waals surface area contributed by atoms with Crippen LogP contribution in [-0.4, -0.2) is 39.0 Å². The fraction of sp³-hybridized carbons (Fsp3) is 0.400. The van der Waals surface area contributed by atoms with Gasteiger partial charge in [0.1, 0.15) is 10.6 Å². The summed E-state index contributed by atoms with van der Waals surface area (Å²) in [6.45, 7) is 6.39. The Balaban J connectivity index is 1.95. The van der Waals surface area contributed by atoms with Crippen LogP contribution in [-0.2, 0) is 14.8 Å². The molecular weight excluding hydrogens is 350 g/mol. The number of benzene rings is 2. The second kappa shape index (κ2) is 7.39. The van der Waals surface area contributed by atoms with Crippen molar-refractivity contribution < 1.29 is 17.9 Å². The summed E-state index contributed by atoms with van der Waals surface area (Å²) in [4.78, 5) is 0.205. The van der Waals surface area contributed by atoms with Gasteiger partial charge in [-0.15, -0.1) is 0 Å². The third-order valence-electron chi connectivity index (χ3n) is 4.73. The molecule has 2 aromatic rings. The van der Waals surface area contributed by atoms with Crippen LogP contribution in [0.25, 0.3) is 0 Å². The predicted octanol–water partition coefficient (Wildman–Crippen LogP) is 3.46. The Bertz CT molecular complexity index is 877. The van der Waals surface area contributed by atoms with Crippen LogP contribution >= 0.6 is 0 Å². The first kappa shape index (κ1) is 18.9. The number of sulfonamides is 1. The quantitative estimate of drug-likeness (QED) is 0.821. The SMILES string of the molecule is COc1ccc(C)cc1S(=O)(=O)N1CC(c2ccc(C)cc2)OCC1C. The topological polar surface area (TPSA) is 55.8 Å². The monoisotopic (exact) mass is 375 g/mol. The van der Waals surface area contributed by atoms with Crippen LogP contribution in [0.5, 0.6) is 5.75 Å². The van der Waals surface area contributed by atoms with Crippen molar-refractivity contribution >= 4 is 10.0 Å². The number of ether oxygens (including phenoxy) is 2. The minimum atomic E-state index is -3.70. The zero-order chi connectivity index (χ0) is 18.9. The van der Waals surface area contributed by atoms with E-state index in [0.29, 0.717) is 12.4 Å². The molecule has 1 aliphatic heterocycles. The molecule has 0 saturated carbocycles. The van der Waals surface area contributed by atoms with Crippen LogP contribution in [0.3, 0.4) is 0 Å². The van der Waals surface area contributed by atoms with E-state index in [1.807, 2.05) is 51.1 Å². The molecule has 1 heterocycles. The molecule has 5 nitrogen and oxygen atoms in total. The van der Waals surface area contributed by atoms with Crippen LogP contribution in [0.15, 0.2) is 47.4 Å². The molecule has 3 rings (SSSR count). The normalized spacial score (nSPS) is 21.5.